The van der Waals surface area contributed by atoms with Crippen LogP contribution >= 0.6 is 11.6 Å². The molecule has 0 unspecified atom stereocenters. The second-order valence-corrected chi connectivity index (χ2v) is 3.65. The largest absolute Gasteiger partial charge is 0.215 e. The summed E-state index contributed by atoms with van der Waals surface area (Å²) < 4.78 is 1.48. The standard InChI is InChI=1S/C10H8ClN5/c11-9-3-1-8(2-4-9)7-10-13-14-15-16(10)6-5-12/h1-4H,6-7H2. The molecule has 6 heteroatoms. The third-order valence-electron chi connectivity index (χ3n) is 2.10. The van der Waals surface area contributed by atoms with E-state index in [-0.39, 0.29) is 6.54 Å². The molecule has 5 nitrogen and oxygen atoms in total. The van der Waals surface area contributed by atoms with Crippen LogP contribution in [0.25, 0.3) is 0 Å². The Labute approximate surface area is 97.3 Å². The maximum absolute atomic E-state index is 8.58. The van der Waals surface area contributed by atoms with Gasteiger partial charge in [0.15, 0.2) is 5.82 Å². The summed E-state index contributed by atoms with van der Waals surface area (Å²) in [6.45, 7) is 0.163. The highest BCUT2D eigenvalue weighted by Gasteiger charge is 2.06. The Bertz CT molecular complexity index is 511. The number of tetrazole rings is 1. The van der Waals surface area contributed by atoms with Crippen LogP contribution in [0.2, 0.25) is 5.02 Å². The first-order valence-corrected chi connectivity index (χ1v) is 5.04. The van der Waals surface area contributed by atoms with Gasteiger partial charge in [-0.25, -0.2) is 4.68 Å². The quantitative estimate of drug-likeness (QED) is 0.805. The van der Waals surface area contributed by atoms with Crippen molar-refractivity contribution in [3.8, 4) is 6.07 Å². The highest BCUT2D eigenvalue weighted by molar-refractivity contribution is 6.30. The molecule has 0 bridgehead atoms. The molecule has 0 radical (unpaired) electrons. The number of aromatic nitrogens is 4. The smallest absolute Gasteiger partial charge is 0.156 e. The van der Waals surface area contributed by atoms with E-state index in [2.05, 4.69) is 15.5 Å². The normalized spacial score (nSPS) is 10.0. The van der Waals surface area contributed by atoms with Crippen molar-refractivity contribution in [1.82, 2.24) is 20.2 Å². The van der Waals surface area contributed by atoms with Gasteiger partial charge in [-0.15, -0.1) is 5.10 Å². The fraction of sp³-hybridized carbons (Fsp3) is 0.200. The molecule has 0 spiro atoms. The number of hydrogen-bond acceptors (Lipinski definition) is 4. The van der Waals surface area contributed by atoms with Crippen LogP contribution in [0.15, 0.2) is 24.3 Å². The van der Waals surface area contributed by atoms with Crippen molar-refractivity contribution in [3.63, 3.8) is 0 Å². The lowest BCUT2D eigenvalue weighted by molar-refractivity contribution is 0.642. The van der Waals surface area contributed by atoms with Crippen LogP contribution in [-0.4, -0.2) is 20.2 Å². The predicted octanol–water partition coefficient (Wildman–Crippen LogP) is 1.44. The molecule has 1 aromatic heterocycles. The van der Waals surface area contributed by atoms with Gasteiger partial charge in [-0.3, -0.25) is 0 Å². The molecule has 0 atom stereocenters. The number of halogens is 1. The molecule has 0 aliphatic heterocycles. The van der Waals surface area contributed by atoms with Crippen molar-refractivity contribution in [2.45, 2.75) is 13.0 Å². The summed E-state index contributed by atoms with van der Waals surface area (Å²) >= 11 is 5.79. The fourth-order valence-electron chi connectivity index (χ4n) is 1.32. The van der Waals surface area contributed by atoms with Crippen molar-refractivity contribution in [3.05, 3.63) is 40.7 Å². The fourth-order valence-corrected chi connectivity index (χ4v) is 1.45. The number of nitriles is 1. The molecular formula is C10H8ClN5. The Kier molecular flexibility index (Phi) is 3.13. The van der Waals surface area contributed by atoms with Crippen molar-refractivity contribution < 1.29 is 0 Å². The number of rotatable bonds is 3. The van der Waals surface area contributed by atoms with Crippen LogP contribution in [0.1, 0.15) is 11.4 Å². The van der Waals surface area contributed by atoms with Crippen LogP contribution in [0.3, 0.4) is 0 Å². The Morgan fingerprint density at radius 3 is 2.75 bits per heavy atom. The maximum Gasteiger partial charge on any atom is 0.156 e. The third kappa shape index (κ3) is 2.35. The molecule has 0 amide bonds. The van der Waals surface area contributed by atoms with Crippen LogP contribution in [0, 0.1) is 11.3 Å². The van der Waals surface area contributed by atoms with E-state index in [9.17, 15) is 0 Å². The van der Waals surface area contributed by atoms with Gasteiger partial charge < -0.3 is 0 Å². The van der Waals surface area contributed by atoms with E-state index in [0.29, 0.717) is 17.3 Å². The summed E-state index contributed by atoms with van der Waals surface area (Å²) in [6, 6.07) is 9.46. The highest BCUT2D eigenvalue weighted by Crippen LogP contribution is 2.11. The van der Waals surface area contributed by atoms with Gasteiger partial charge >= 0.3 is 0 Å². The van der Waals surface area contributed by atoms with Crippen LogP contribution in [-0.2, 0) is 13.0 Å². The summed E-state index contributed by atoms with van der Waals surface area (Å²) in [5, 5.41) is 20.4. The van der Waals surface area contributed by atoms with Gasteiger partial charge in [-0.2, -0.15) is 5.26 Å². The highest BCUT2D eigenvalue weighted by atomic mass is 35.5. The van der Waals surface area contributed by atoms with Gasteiger partial charge in [0.25, 0.3) is 0 Å². The van der Waals surface area contributed by atoms with E-state index in [4.69, 9.17) is 16.9 Å². The van der Waals surface area contributed by atoms with E-state index in [1.165, 1.54) is 4.68 Å². The van der Waals surface area contributed by atoms with Gasteiger partial charge in [0.05, 0.1) is 6.07 Å². The molecule has 0 aliphatic carbocycles. The van der Waals surface area contributed by atoms with Crippen LogP contribution < -0.4 is 0 Å². The van der Waals surface area contributed by atoms with Gasteiger partial charge in [0.1, 0.15) is 6.54 Å². The van der Waals surface area contributed by atoms with E-state index in [1.54, 1.807) is 0 Å². The zero-order valence-electron chi connectivity index (χ0n) is 8.34. The molecule has 1 heterocycles. The average Bonchev–Trinajstić information content (AvgIpc) is 2.70. The SMILES string of the molecule is N#CCn1nnnc1Cc1ccc(Cl)cc1. The molecule has 0 fully saturated rings. The van der Waals surface area contributed by atoms with Crippen LogP contribution in [0.4, 0.5) is 0 Å². The lowest BCUT2D eigenvalue weighted by Crippen LogP contribution is -2.05. The van der Waals surface area contributed by atoms with Gasteiger partial charge in [0.2, 0.25) is 0 Å². The van der Waals surface area contributed by atoms with E-state index >= 15 is 0 Å². The van der Waals surface area contributed by atoms with Crippen molar-refractivity contribution >= 4 is 11.6 Å². The van der Waals surface area contributed by atoms with Crippen LogP contribution in [0.5, 0.6) is 0 Å². The minimum Gasteiger partial charge on any atom is -0.215 e. The zero-order chi connectivity index (χ0) is 11.4. The maximum atomic E-state index is 8.58. The Hall–Kier alpha value is -1.93. The molecule has 80 valence electrons. The topological polar surface area (TPSA) is 67.4 Å². The summed E-state index contributed by atoms with van der Waals surface area (Å²) in [7, 11) is 0. The molecule has 0 N–H and O–H groups in total. The molecule has 0 saturated carbocycles. The Morgan fingerprint density at radius 1 is 1.31 bits per heavy atom. The summed E-state index contributed by atoms with van der Waals surface area (Å²) in [5.41, 5.74) is 1.05. The van der Waals surface area contributed by atoms with Gasteiger partial charge in [0, 0.05) is 11.4 Å². The first-order chi connectivity index (χ1) is 7.79. The number of benzene rings is 1. The van der Waals surface area contributed by atoms with Crippen molar-refractivity contribution in [2.24, 2.45) is 0 Å². The zero-order valence-corrected chi connectivity index (χ0v) is 9.09. The van der Waals surface area contributed by atoms with Gasteiger partial charge in [-0.1, -0.05) is 23.7 Å². The number of hydrogen-bond donors (Lipinski definition) is 0. The van der Waals surface area contributed by atoms with Crippen molar-refractivity contribution in [2.75, 3.05) is 0 Å². The monoisotopic (exact) mass is 233 g/mol. The van der Waals surface area contributed by atoms with E-state index in [1.807, 2.05) is 30.3 Å². The molecule has 0 aliphatic rings. The second kappa shape index (κ2) is 4.73. The molecular weight excluding hydrogens is 226 g/mol. The minimum atomic E-state index is 0.163. The van der Waals surface area contributed by atoms with Gasteiger partial charge in [-0.05, 0) is 28.1 Å². The first kappa shape index (κ1) is 10.6. The van der Waals surface area contributed by atoms with Crippen molar-refractivity contribution in [1.29, 1.82) is 5.26 Å². The summed E-state index contributed by atoms with van der Waals surface area (Å²) in [5.74, 6) is 0.670. The summed E-state index contributed by atoms with van der Waals surface area (Å²) in [4.78, 5) is 0. The summed E-state index contributed by atoms with van der Waals surface area (Å²) in [6.07, 6.45) is 0.589. The lowest BCUT2D eigenvalue weighted by Gasteiger charge is -2.00. The Balaban J connectivity index is 2.17. The lowest BCUT2D eigenvalue weighted by atomic mass is 10.1. The molecule has 2 aromatic rings. The minimum absolute atomic E-state index is 0.163. The Morgan fingerprint density at radius 2 is 2.06 bits per heavy atom. The molecule has 2 rings (SSSR count). The second-order valence-electron chi connectivity index (χ2n) is 3.21. The predicted molar refractivity (Wildman–Crippen MR) is 57.7 cm³/mol. The molecule has 0 saturated heterocycles. The number of nitrogens with zero attached hydrogens (tertiary/aromatic N) is 5. The molecule has 16 heavy (non-hydrogen) atoms. The third-order valence-corrected chi connectivity index (χ3v) is 2.35. The van der Waals surface area contributed by atoms with E-state index < -0.39 is 0 Å². The van der Waals surface area contributed by atoms with E-state index in [0.717, 1.165) is 5.56 Å². The molecule has 1 aromatic carbocycles. The first-order valence-electron chi connectivity index (χ1n) is 4.66. The average molecular weight is 234 g/mol.